The Bertz CT molecular complexity index is 1160. The van der Waals surface area contributed by atoms with E-state index in [-0.39, 0.29) is 12.0 Å². The summed E-state index contributed by atoms with van der Waals surface area (Å²) in [6.45, 7) is 7.64. The van der Waals surface area contributed by atoms with Crippen LogP contribution in [0.5, 0.6) is 0 Å². The van der Waals surface area contributed by atoms with Crippen molar-refractivity contribution in [2.45, 2.75) is 52.7 Å². The van der Waals surface area contributed by atoms with Crippen LogP contribution < -0.4 is 15.5 Å². The fraction of sp³-hybridized carbons (Fsp3) is 0.360. The summed E-state index contributed by atoms with van der Waals surface area (Å²) in [5, 5.41) is 12.0. The van der Waals surface area contributed by atoms with Crippen LogP contribution in [0.1, 0.15) is 45.6 Å². The second-order valence-corrected chi connectivity index (χ2v) is 7.93. The van der Waals surface area contributed by atoms with E-state index in [1.807, 2.05) is 49.1 Å². The summed E-state index contributed by atoms with van der Waals surface area (Å²) in [6.07, 6.45) is 8.55. The van der Waals surface area contributed by atoms with Crippen LogP contribution in [-0.2, 0) is 16.1 Å². The van der Waals surface area contributed by atoms with E-state index in [0.717, 1.165) is 59.2 Å². The number of anilines is 1. The number of rotatable bonds is 5. The molecule has 4 rings (SSSR count). The number of carbonyl (C=O) groups excluding carboxylic acids is 1. The van der Waals surface area contributed by atoms with Crippen molar-refractivity contribution < 1.29 is 9.53 Å². The quantitative estimate of drug-likeness (QED) is 0.771. The SMILES string of the molecule is CCn1c(-c2ccc(N3CCCC3=O)cc2)c(C#N)c2c1=CC(OC(C)C)=CCC=2. The van der Waals surface area contributed by atoms with Gasteiger partial charge in [-0.2, -0.15) is 5.26 Å². The summed E-state index contributed by atoms with van der Waals surface area (Å²) in [4.78, 5) is 13.9. The minimum Gasteiger partial charge on any atom is -0.491 e. The molecule has 0 N–H and O–H groups in total. The molecule has 5 nitrogen and oxygen atoms in total. The first kappa shape index (κ1) is 20.0. The van der Waals surface area contributed by atoms with Crippen molar-refractivity contribution in [1.29, 1.82) is 5.26 Å². The molecule has 1 fully saturated rings. The number of nitrogens with zero attached hydrogens (tertiary/aromatic N) is 3. The van der Waals surface area contributed by atoms with E-state index < -0.39 is 0 Å². The summed E-state index contributed by atoms with van der Waals surface area (Å²) >= 11 is 0. The van der Waals surface area contributed by atoms with E-state index in [4.69, 9.17) is 4.74 Å². The van der Waals surface area contributed by atoms with E-state index in [1.54, 1.807) is 0 Å². The van der Waals surface area contributed by atoms with Crippen LogP contribution in [0.4, 0.5) is 5.69 Å². The molecule has 1 saturated heterocycles. The molecule has 1 aliphatic carbocycles. The molecule has 0 bridgehead atoms. The maximum absolute atomic E-state index is 12.1. The Morgan fingerprint density at radius 3 is 2.57 bits per heavy atom. The van der Waals surface area contributed by atoms with Gasteiger partial charge in [0, 0.05) is 36.5 Å². The van der Waals surface area contributed by atoms with Gasteiger partial charge in [-0.05, 0) is 57.4 Å². The van der Waals surface area contributed by atoms with Gasteiger partial charge in [-0.25, -0.2) is 0 Å². The third-order valence-electron chi connectivity index (χ3n) is 5.59. The number of fused-ring (bicyclic) bond motifs is 1. The molecule has 1 amide bonds. The molecule has 154 valence electrons. The second-order valence-electron chi connectivity index (χ2n) is 7.93. The number of hydrogen-bond acceptors (Lipinski definition) is 3. The number of benzene rings is 1. The fourth-order valence-electron chi connectivity index (χ4n) is 4.32. The lowest BCUT2D eigenvalue weighted by Crippen LogP contribution is -2.30. The third kappa shape index (κ3) is 3.54. The zero-order valence-corrected chi connectivity index (χ0v) is 17.8. The lowest BCUT2D eigenvalue weighted by Gasteiger charge is -2.16. The monoisotopic (exact) mass is 401 g/mol. The molecule has 0 atom stereocenters. The van der Waals surface area contributed by atoms with Crippen LogP contribution in [0.15, 0.2) is 36.1 Å². The molecule has 0 saturated carbocycles. The van der Waals surface area contributed by atoms with E-state index in [2.05, 4.69) is 29.7 Å². The lowest BCUT2D eigenvalue weighted by atomic mass is 10.1. The van der Waals surface area contributed by atoms with Gasteiger partial charge in [0.05, 0.1) is 22.7 Å². The first-order valence-corrected chi connectivity index (χ1v) is 10.7. The first-order chi connectivity index (χ1) is 14.5. The van der Waals surface area contributed by atoms with Crippen LogP contribution in [0.2, 0.25) is 0 Å². The average molecular weight is 402 g/mol. The number of amides is 1. The summed E-state index contributed by atoms with van der Waals surface area (Å²) in [6, 6.07) is 10.4. The standard InChI is InChI=1S/C25H27N3O2/c1-4-27-23-15-20(30-17(2)3)7-5-8-21(23)22(16-26)25(27)18-10-12-19(13-11-18)28-14-6-9-24(28)29/h7-8,10-13,15,17H,4-6,9,14H2,1-3H3. The number of carbonyl (C=O) groups is 1. The number of aromatic nitrogens is 1. The Balaban J connectivity index is 1.84. The summed E-state index contributed by atoms with van der Waals surface area (Å²) < 4.78 is 8.13. The van der Waals surface area contributed by atoms with E-state index in [9.17, 15) is 10.1 Å². The Kier molecular flexibility index (Phi) is 5.50. The maximum atomic E-state index is 12.1. The first-order valence-electron chi connectivity index (χ1n) is 10.7. The Labute approximate surface area is 177 Å². The summed E-state index contributed by atoms with van der Waals surface area (Å²) in [5.74, 6) is 1.02. The van der Waals surface area contributed by atoms with Crippen molar-refractivity contribution in [2.75, 3.05) is 11.4 Å². The van der Waals surface area contributed by atoms with Crippen molar-refractivity contribution >= 4 is 23.7 Å². The van der Waals surface area contributed by atoms with E-state index in [1.165, 1.54) is 0 Å². The highest BCUT2D eigenvalue weighted by atomic mass is 16.5. The van der Waals surface area contributed by atoms with Crippen LogP contribution in [-0.4, -0.2) is 23.1 Å². The van der Waals surface area contributed by atoms with E-state index >= 15 is 0 Å². The smallest absolute Gasteiger partial charge is 0.227 e. The molecule has 2 aromatic rings. The molecule has 0 spiro atoms. The Morgan fingerprint density at radius 2 is 1.97 bits per heavy atom. The normalized spacial score (nSPS) is 15.8. The van der Waals surface area contributed by atoms with E-state index in [0.29, 0.717) is 12.0 Å². The van der Waals surface area contributed by atoms with Crippen molar-refractivity contribution in [1.82, 2.24) is 4.57 Å². The number of hydrogen-bond donors (Lipinski definition) is 0. The lowest BCUT2D eigenvalue weighted by molar-refractivity contribution is -0.117. The van der Waals surface area contributed by atoms with Gasteiger partial charge >= 0.3 is 0 Å². The van der Waals surface area contributed by atoms with Gasteiger partial charge in [0.2, 0.25) is 5.91 Å². The zero-order valence-electron chi connectivity index (χ0n) is 17.8. The Hall–Kier alpha value is -3.26. The minimum atomic E-state index is 0.0924. The molecule has 0 unspecified atom stereocenters. The van der Waals surface area contributed by atoms with Gasteiger partial charge in [0.1, 0.15) is 11.8 Å². The highest BCUT2D eigenvalue weighted by Gasteiger charge is 2.22. The molecule has 1 aliphatic heterocycles. The molecule has 1 aromatic carbocycles. The highest BCUT2D eigenvalue weighted by Crippen LogP contribution is 2.27. The van der Waals surface area contributed by atoms with Gasteiger partial charge in [0.15, 0.2) is 0 Å². The zero-order chi connectivity index (χ0) is 21.3. The summed E-state index contributed by atoms with van der Waals surface area (Å²) in [5.41, 5.74) is 3.51. The maximum Gasteiger partial charge on any atom is 0.227 e. The van der Waals surface area contributed by atoms with Gasteiger partial charge in [-0.3, -0.25) is 4.79 Å². The molecule has 1 aromatic heterocycles. The van der Waals surface area contributed by atoms with Crippen LogP contribution in [0, 0.1) is 11.3 Å². The average Bonchev–Trinajstić information content (AvgIpc) is 3.21. The molecule has 0 radical (unpaired) electrons. The van der Waals surface area contributed by atoms with Crippen LogP contribution in [0.3, 0.4) is 0 Å². The molecule has 5 heteroatoms. The molecule has 2 aliphatic rings. The predicted octanol–water partition coefficient (Wildman–Crippen LogP) is 3.45. The molecular weight excluding hydrogens is 374 g/mol. The van der Waals surface area contributed by atoms with Gasteiger partial charge < -0.3 is 14.2 Å². The largest absolute Gasteiger partial charge is 0.491 e. The molecule has 30 heavy (non-hydrogen) atoms. The second kappa shape index (κ2) is 8.23. The van der Waals surface area contributed by atoms with Gasteiger partial charge in [0.25, 0.3) is 0 Å². The van der Waals surface area contributed by atoms with Crippen molar-refractivity contribution in [3.8, 4) is 17.3 Å². The van der Waals surface area contributed by atoms with Crippen molar-refractivity contribution in [3.63, 3.8) is 0 Å². The van der Waals surface area contributed by atoms with Gasteiger partial charge in [-0.1, -0.05) is 18.2 Å². The topological polar surface area (TPSA) is 58.3 Å². The predicted molar refractivity (Wildman–Crippen MR) is 119 cm³/mol. The fourth-order valence-corrected chi connectivity index (χ4v) is 4.32. The third-order valence-corrected chi connectivity index (χ3v) is 5.59. The number of ether oxygens (including phenoxy) is 1. The van der Waals surface area contributed by atoms with Crippen LogP contribution >= 0.6 is 0 Å². The molecular formula is C25H27N3O2. The summed E-state index contributed by atoms with van der Waals surface area (Å²) in [7, 11) is 0. The highest BCUT2D eigenvalue weighted by molar-refractivity contribution is 5.95. The Morgan fingerprint density at radius 1 is 1.20 bits per heavy atom. The number of allylic oxidation sites excluding steroid dienone is 2. The van der Waals surface area contributed by atoms with Crippen LogP contribution in [0.25, 0.3) is 23.4 Å². The number of nitriles is 1. The minimum absolute atomic E-state index is 0.0924. The van der Waals surface area contributed by atoms with Crippen molar-refractivity contribution in [2.24, 2.45) is 0 Å². The van der Waals surface area contributed by atoms with Crippen molar-refractivity contribution in [3.05, 3.63) is 52.2 Å². The molecule has 2 heterocycles. The van der Waals surface area contributed by atoms with Gasteiger partial charge in [-0.15, -0.1) is 0 Å².